The molecule has 6 nitrogen and oxygen atoms in total. The molecular formula is C32H29ClN4O2. The molecule has 2 aliphatic rings. The van der Waals surface area contributed by atoms with Gasteiger partial charge in [0.2, 0.25) is 11.8 Å². The molecule has 0 bridgehead atoms. The fourth-order valence-corrected chi connectivity index (χ4v) is 6.86. The number of nitrogens with zero attached hydrogens (tertiary/aromatic N) is 2. The Morgan fingerprint density at radius 3 is 1.97 bits per heavy atom. The first-order chi connectivity index (χ1) is 19.0. The molecule has 2 N–H and O–H groups in total. The largest absolute Gasteiger partial charge is 0.361 e. The third-order valence-electron chi connectivity index (χ3n) is 8.75. The maximum atomic E-state index is 13.7. The molecule has 196 valence electrons. The van der Waals surface area contributed by atoms with Gasteiger partial charge in [0.05, 0.1) is 5.92 Å². The molecule has 0 saturated carbocycles. The first-order valence-electron chi connectivity index (χ1n) is 13.5. The van der Waals surface area contributed by atoms with Gasteiger partial charge in [-0.1, -0.05) is 48.0 Å². The van der Waals surface area contributed by atoms with Gasteiger partial charge < -0.3 is 19.8 Å². The predicted octanol–water partition coefficient (Wildman–Crippen LogP) is 6.26. The summed E-state index contributed by atoms with van der Waals surface area (Å²) in [6.07, 6.45) is 6.18. The Kier molecular flexibility index (Phi) is 5.74. The van der Waals surface area contributed by atoms with Crippen molar-refractivity contribution in [1.29, 1.82) is 0 Å². The highest BCUT2D eigenvalue weighted by Crippen LogP contribution is 2.47. The summed E-state index contributed by atoms with van der Waals surface area (Å²) >= 11 is 6.03. The fraction of sp³-hybridized carbons (Fsp3) is 0.250. The Balaban J connectivity index is 1.18. The minimum Gasteiger partial charge on any atom is -0.361 e. The number of nitrogens with one attached hydrogen (secondary N) is 2. The number of fused-ring (bicyclic) bond motifs is 2. The molecule has 39 heavy (non-hydrogen) atoms. The number of aromatic nitrogens is 2. The van der Waals surface area contributed by atoms with Crippen LogP contribution in [0.5, 0.6) is 0 Å². The van der Waals surface area contributed by atoms with E-state index in [1.165, 1.54) is 21.9 Å². The summed E-state index contributed by atoms with van der Waals surface area (Å²) in [5.74, 6) is -0.271. The van der Waals surface area contributed by atoms with Crippen LogP contribution in [-0.4, -0.2) is 46.3 Å². The number of carbonyl (C=O) groups is 2. The normalized spacial score (nSPS) is 19.3. The summed E-state index contributed by atoms with van der Waals surface area (Å²) < 4.78 is 0. The smallest absolute Gasteiger partial charge is 0.228 e. The molecule has 0 radical (unpaired) electrons. The molecule has 4 heterocycles. The molecule has 5 aromatic rings. The van der Waals surface area contributed by atoms with Crippen molar-refractivity contribution in [3.05, 3.63) is 101 Å². The van der Waals surface area contributed by atoms with Crippen LogP contribution in [0.4, 0.5) is 5.69 Å². The van der Waals surface area contributed by atoms with Crippen LogP contribution in [-0.2, 0) is 15.0 Å². The summed E-state index contributed by atoms with van der Waals surface area (Å²) in [5, 5.41) is 3.07. The van der Waals surface area contributed by atoms with Gasteiger partial charge in [-0.15, -0.1) is 0 Å². The van der Waals surface area contributed by atoms with Crippen LogP contribution in [0, 0.1) is 5.92 Å². The summed E-state index contributed by atoms with van der Waals surface area (Å²) in [6, 6.07) is 24.1. The molecule has 2 aliphatic heterocycles. The molecule has 1 atom stereocenters. The topological polar surface area (TPSA) is 72.2 Å². The minimum absolute atomic E-state index is 0.0142. The molecule has 2 aromatic heterocycles. The maximum Gasteiger partial charge on any atom is 0.228 e. The van der Waals surface area contributed by atoms with Crippen molar-refractivity contribution < 1.29 is 9.59 Å². The number of anilines is 1. The van der Waals surface area contributed by atoms with Crippen molar-refractivity contribution in [3.63, 3.8) is 0 Å². The standard InChI is InChI=1S/C32H29ClN4O2/c33-22-9-11-23(12-10-22)37-20-21(17-30(37)38)31(39)36-15-13-32(14-16-36,26-18-34-28-7-3-1-5-24(26)28)27-19-35-29-8-4-2-6-25(27)29/h1-12,18-19,21,34-35H,13-17,20H2/t21-/m0/s1. The number of rotatable bonds is 4. The highest BCUT2D eigenvalue weighted by Gasteiger charge is 2.44. The molecule has 2 fully saturated rings. The Morgan fingerprint density at radius 2 is 1.38 bits per heavy atom. The second kappa shape index (κ2) is 9.31. The van der Waals surface area contributed by atoms with Gasteiger partial charge in [0.1, 0.15) is 0 Å². The molecule has 7 rings (SSSR count). The van der Waals surface area contributed by atoms with Crippen LogP contribution in [0.1, 0.15) is 30.4 Å². The fourth-order valence-electron chi connectivity index (χ4n) is 6.73. The Morgan fingerprint density at radius 1 is 0.821 bits per heavy atom. The van der Waals surface area contributed by atoms with Gasteiger partial charge in [-0.2, -0.15) is 0 Å². The molecular weight excluding hydrogens is 508 g/mol. The van der Waals surface area contributed by atoms with Gasteiger partial charge in [0.15, 0.2) is 0 Å². The Labute approximate surface area is 231 Å². The molecule has 2 amide bonds. The summed E-state index contributed by atoms with van der Waals surface area (Å²) in [5.41, 5.74) is 5.35. The van der Waals surface area contributed by atoms with Crippen molar-refractivity contribution in [1.82, 2.24) is 14.9 Å². The third-order valence-corrected chi connectivity index (χ3v) is 9.00. The second-order valence-electron chi connectivity index (χ2n) is 10.8. The van der Waals surface area contributed by atoms with E-state index in [2.05, 4.69) is 70.9 Å². The highest BCUT2D eigenvalue weighted by molar-refractivity contribution is 6.30. The van der Waals surface area contributed by atoms with Gasteiger partial charge in [0, 0.05) is 76.4 Å². The maximum absolute atomic E-state index is 13.7. The lowest BCUT2D eigenvalue weighted by Gasteiger charge is -2.43. The van der Waals surface area contributed by atoms with Gasteiger partial charge in [-0.3, -0.25) is 9.59 Å². The zero-order chi connectivity index (χ0) is 26.6. The van der Waals surface area contributed by atoms with Gasteiger partial charge in [0.25, 0.3) is 0 Å². The van der Waals surface area contributed by atoms with Crippen molar-refractivity contribution in [2.24, 2.45) is 5.92 Å². The number of piperidine rings is 1. The SMILES string of the molecule is O=C([C@H]1CC(=O)N(c2ccc(Cl)cc2)C1)N1CCC(c2c[nH]c3ccccc23)(c2c[nH]c3ccccc23)CC1. The number of aromatic amines is 2. The lowest BCUT2D eigenvalue weighted by atomic mass is 9.67. The first-order valence-corrected chi connectivity index (χ1v) is 13.9. The van der Waals surface area contributed by atoms with E-state index in [1.54, 1.807) is 17.0 Å². The summed E-state index contributed by atoms with van der Waals surface area (Å²) in [6.45, 7) is 1.69. The van der Waals surface area contributed by atoms with Crippen LogP contribution in [0.2, 0.25) is 5.02 Å². The number of likely N-dealkylation sites (tertiary alicyclic amines) is 1. The molecule has 0 spiro atoms. The van der Waals surface area contributed by atoms with E-state index in [4.69, 9.17) is 11.6 Å². The lowest BCUT2D eigenvalue weighted by Crippen LogP contribution is -2.47. The zero-order valence-electron chi connectivity index (χ0n) is 21.5. The monoisotopic (exact) mass is 536 g/mol. The molecule has 2 saturated heterocycles. The predicted molar refractivity (Wildman–Crippen MR) is 155 cm³/mol. The number of H-pyrrole nitrogens is 2. The van der Waals surface area contributed by atoms with Crippen molar-refractivity contribution in [2.45, 2.75) is 24.7 Å². The van der Waals surface area contributed by atoms with Crippen molar-refractivity contribution >= 4 is 50.9 Å². The van der Waals surface area contributed by atoms with Gasteiger partial charge in [-0.05, 0) is 60.4 Å². The van der Waals surface area contributed by atoms with Crippen molar-refractivity contribution in [2.75, 3.05) is 24.5 Å². The second-order valence-corrected chi connectivity index (χ2v) is 11.2. The lowest BCUT2D eigenvalue weighted by molar-refractivity contribution is -0.137. The van der Waals surface area contributed by atoms with E-state index < -0.39 is 0 Å². The Bertz CT molecular complexity index is 1620. The summed E-state index contributed by atoms with van der Waals surface area (Å²) in [4.78, 5) is 37.2. The van der Waals surface area contributed by atoms with Gasteiger partial charge in [-0.25, -0.2) is 0 Å². The molecule has 7 heteroatoms. The minimum atomic E-state index is -0.332. The number of halogens is 1. The van der Waals surface area contributed by atoms with E-state index >= 15 is 0 Å². The average Bonchev–Trinajstić information content (AvgIpc) is 3.70. The average molecular weight is 537 g/mol. The van der Waals surface area contributed by atoms with E-state index in [1.807, 2.05) is 17.0 Å². The number of hydrogen-bond acceptors (Lipinski definition) is 2. The Hall–Kier alpha value is -4.03. The van der Waals surface area contributed by atoms with E-state index in [9.17, 15) is 9.59 Å². The van der Waals surface area contributed by atoms with Gasteiger partial charge >= 0.3 is 0 Å². The van der Waals surface area contributed by atoms with E-state index in [-0.39, 0.29) is 29.6 Å². The highest BCUT2D eigenvalue weighted by atomic mass is 35.5. The quantitative estimate of drug-likeness (QED) is 0.284. The number of amides is 2. The summed E-state index contributed by atoms with van der Waals surface area (Å²) in [7, 11) is 0. The number of hydrogen-bond donors (Lipinski definition) is 2. The van der Waals surface area contributed by atoms with E-state index in [0.717, 1.165) is 29.6 Å². The van der Waals surface area contributed by atoms with Crippen LogP contribution in [0.15, 0.2) is 85.2 Å². The first kappa shape index (κ1) is 24.0. The zero-order valence-corrected chi connectivity index (χ0v) is 22.2. The van der Waals surface area contributed by atoms with Crippen molar-refractivity contribution in [3.8, 4) is 0 Å². The number of para-hydroxylation sites is 2. The molecule has 0 unspecified atom stereocenters. The van der Waals surface area contributed by atoms with Crippen LogP contribution in [0.25, 0.3) is 21.8 Å². The van der Waals surface area contributed by atoms with Crippen LogP contribution in [0.3, 0.4) is 0 Å². The molecule has 0 aliphatic carbocycles. The third kappa shape index (κ3) is 3.93. The molecule has 3 aromatic carbocycles. The van der Waals surface area contributed by atoms with Crippen LogP contribution < -0.4 is 4.90 Å². The van der Waals surface area contributed by atoms with E-state index in [0.29, 0.717) is 24.7 Å². The number of carbonyl (C=O) groups excluding carboxylic acids is 2. The van der Waals surface area contributed by atoms with Crippen LogP contribution >= 0.6 is 11.6 Å². The number of benzene rings is 3.